The van der Waals surface area contributed by atoms with E-state index in [0.717, 1.165) is 11.1 Å². The topological polar surface area (TPSA) is 45.8 Å². The molecule has 31 heavy (non-hydrogen) atoms. The Morgan fingerprint density at radius 1 is 0.774 bits per heavy atom. The summed E-state index contributed by atoms with van der Waals surface area (Å²) in [5.74, 6) is 1.08. The van der Waals surface area contributed by atoms with Gasteiger partial charge >= 0.3 is 0 Å². The summed E-state index contributed by atoms with van der Waals surface area (Å²) in [6.07, 6.45) is 1.75. The van der Waals surface area contributed by atoms with Crippen molar-refractivity contribution in [2.24, 2.45) is 5.10 Å². The Hall–Kier alpha value is -3.89. The number of para-hydroxylation sites is 1. The first kappa shape index (κ1) is 19.1. The van der Waals surface area contributed by atoms with Crippen molar-refractivity contribution in [2.45, 2.75) is 0 Å². The first-order valence-corrected chi connectivity index (χ1v) is 10.2. The van der Waals surface area contributed by atoms with Gasteiger partial charge in [0.2, 0.25) is 0 Å². The lowest BCUT2D eigenvalue weighted by molar-refractivity contribution is -0.114. The quantitative estimate of drug-likeness (QED) is 0.354. The highest BCUT2D eigenvalue weighted by Crippen LogP contribution is 2.29. The van der Waals surface area contributed by atoms with Gasteiger partial charge < -0.3 is 4.42 Å². The van der Waals surface area contributed by atoms with Crippen LogP contribution in [0.5, 0.6) is 0 Å². The number of hydrogen-bond donors (Lipinski definition) is 0. The molecule has 0 spiro atoms. The molecule has 0 fully saturated rings. The average Bonchev–Trinajstić information content (AvgIpc) is 3.41. The van der Waals surface area contributed by atoms with Gasteiger partial charge in [-0.2, -0.15) is 10.1 Å². The zero-order chi connectivity index (χ0) is 21.2. The third kappa shape index (κ3) is 3.81. The molecule has 1 aromatic heterocycles. The number of anilines is 1. The van der Waals surface area contributed by atoms with Crippen LogP contribution in [0.15, 0.2) is 112 Å². The van der Waals surface area contributed by atoms with Crippen molar-refractivity contribution in [3.05, 3.63) is 119 Å². The highest BCUT2D eigenvalue weighted by Gasteiger charge is 2.32. The standard InChI is InChI=1S/C26H17ClN2O2/c27-20-13-11-18(12-14-20)24-16-15-22(31-24)17-23-25(19-7-3-1-4-8-19)28-29(26(23)30)21-9-5-2-6-10-21/h1-17H/b23-17+. The van der Waals surface area contributed by atoms with Crippen LogP contribution in [0.25, 0.3) is 17.4 Å². The molecule has 5 rings (SSSR count). The zero-order valence-corrected chi connectivity index (χ0v) is 17.2. The number of carbonyl (C=O) groups is 1. The maximum Gasteiger partial charge on any atom is 0.281 e. The fourth-order valence-electron chi connectivity index (χ4n) is 3.44. The number of rotatable bonds is 4. The molecule has 0 aliphatic carbocycles. The number of carbonyl (C=O) groups excluding carboxylic acids is 1. The molecule has 150 valence electrons. The highest BCUT2D eigenvalue weighted by atomic mass is 35.5. The second-order valence-corrected chi connectivity index (χ2v) is 7.47. The van der Waals surface area contributed by atoms with Crippen LogP contribution in [-0.4, -0.2) is 11.6 Å². The zero-order valence-electron chi connectivity index (χ0n) is 16.4. The largest absolute Gasteiger partial charge is 0.457 e. The summed E-state index contributed by atoms with van der Waals surface area (Å²) >= 11 is 5.98. The van der Waals surface area contributed by atoms with Crippen LogP contribution < -0.4 is 5.01 Å². The predicted octanol–water partition coefficient (Wildman–Crippen LogP) is 6.43. The molecule has 0 radical (unpaired) electrons. The first-order valence-electron chi connectivity index (χ1n) is 9.80. The smallest absolute Gasteiger partial charge is 0.281 e. The Kier molecular flexibility index (Phi) is 4.98. The molecule has 0 saturated carbocycles. The van der Waals surface area contributed by atoms with Crippen LogP contribution in [-0.2, 0) is 4.79 Å². The third-order valence-electron chi connectivity index (χ3n) is 4.97. The monoisotopic (exact) mass is 424 g/mol. The summed E-state index contributed by atoms with van der Waals surface area (Å²) in [5.41, 5.74) is 3.58. The Balaban J connectivity index is 1.55. The number of furan rings is 1. The van der Waals surface area contributed by atoms with Gasteiger partial charge in [0.1, 0.15) is 17.2 Å². The molecule has 2 heterocycles. The molecule has 0 bridgehead atoms. The van der Waals surface area contributed by atoms with E-state index in [0.29, 0.717) is 33.5 Å². The number of amides is 1. The van der Waals surface area contributed by atoms with Gasteiger partial charge in [-0.25, -0.2) is 0 Å². The fourth-order valence-corrected chi connectivity index (χ4v) is 3.57. The van der Waals surface area contributed by atoms with Crippen molar-refractivity contribution in [1.82, 2.24) is 0 Å². The molecule has 1 amide bonds. The van der Waals surface area contributed by atoms with E-state index in [1.807, 2.05) is 97.1 Å². The van der Waals surface area contributed by atoms with E-state index in [2.05, 4.69) is 5.10 Å². The Bertz CT molecular complexity index is 1290. The summed E-state index contributed by atoms with van der Waals surface area (Å²) in [7, 11) is 0. The summed E-state index contributed by atoms with van der Waals surface area (Å²) in [6.45, 7) is 0. The SMILES string of the molecule is O=C1/C(=C/c2ccc(-c3ccc(Cl)cc3)o2)C(c2ccccc2)=NN1c1ccccc1. The molecule has 0 N–H and O–H groups in total. The van der Waals surface area contributed by atoms with Crippen molar-refractivity contribution in [2.75, 3.05) is 5.01 Å². The average molecular weight is 425 g/mol. The van der Waals surface area contributed by atoms with Gasteiger partial charge in [0.05, 0.1) is 11.3 Å². The lowest BCUT2D eigenvalue weighted by atomic mass is 10.0. The lowest BCUT2D eigenvalue weighted by Gasteiger charge is -2.10. The Labute approximate surface area is 184 Å². The van der Waals surface area contributed by atoms with Crippen molar-refractivity contribution < 1.29 is 9.21 Å². The third-order valence-corrected chi connectivity index (χ3v) is 5.22. The second kappa shape index (κ2) is 8.09. The minimum absolute atomic E-state index is 0.200. The van der Waals surface area contributed by atoms with E-state index >= 15 is 0 Å². The predicted molar refractivity (Wildman–Crippen MR) is 124 cm³/mol. The maximum atomic E-state index is 13.3. The van der Waals surface area contributed by atoms with E-state index in [-0.39, 0.29) is 5.91 Å². The number of halogens is 1. The number of hydrogen-bond acceptors (Lipinski definition) is 3. The van der Waals surface area contributed by atoms with Gasteiger partial charge in [0, 0.05) is 16.1 Å². The molecule has 0 unspecified atom stereocenters. The molecule has 1 aliphatic rings. The minimum atomic E-state index is -0.200. The Morgan fingerprint density at radius 3 is 2.16 bits per heavy atom. The fraction of sp³-hybridized carbons (Fsp3) is 0. The number of benzene rings is 3. The summed E-state index contributed by atoms with van der Waals surface area (Å²) in [4.78, 5) is 13.3. The van der Waals surface area contributed by atoms with Crippen LogP contribution >= 0.6 is 11.6 Å². The number of hydrazone groups is 1. The van der Waals surface area contributed by atoms with Gasteiger partial charge in [-0.3, -0.25) is 4.79 Å². The summed E-state index contributed by atoms with van der Waals surface area (Å²) in [6, 6.07) is 30.2. The van der Waals surface area contributed by atoms with Gasteiger partial charge in [-0.1, -0.05) is 60.1 Å². The molecule has 3 aromatic carbocycles. The molecular weight excluding hydrogens is 408 g/mol. The first-order chi connectivity index (χ1) is 15.2. The maximum absolute atomic E-state index is 13.3. The molecular formula is C26H17ClN2O2. The van der Waals surface area contributed by atoms with Crippen molar-refractivity contribution in [3.8, 4) is 11.3 Å². The van der Waals surface area contributed by atoms with Crippen LogP contribution in [0.3, 0.4) is 0 Å². The second-order valence-electron chi connectivity index (χ2n) is 7.03. The molecule has 0 saturated heterocycles. The van der Waals surface area contributed by atoms with Gasteiger partial charge in [-0.15, -0.1) is 0 Å². The summed E-state index contributed by atoms with van der Waals surface area (Å²) in [5, 5.41) is 6.73. The molecule has 5 heteroatoms. The minimum Gasteiger partial charge on any atom is -0.457 e. The Morgan fingerprint density at radius 2 is 1.45 bits per heavy atom. The lowest BCUT2D eigenvalue weighted by Crippen LogP contribution is -2.21. The van der Waals surface area contributed by atoms with Crippen LogP contribution in [0.4, 0.5) is 5.69 Å². The van der Waals surface area contributed by atoms with Crippen LogP contribution in [0, 0.1) is 0 Å². The van der Waals surface area contributed by atoms with Gasteiger partial charge in [0.15, 0.2) is 0 Å². The molecule has 4 nitrogen and oxygen atoms in total. The van der Waals surface area contributed by atoms with Crippen LogP contribution in [0.1, 0.15) is 11.3 Å². The normalized spacial score (nSPS) is 14.9. The number of nitrogens with zero attached hydrogens (tertiary/aromatic N) is 2. The van der Waals surface area contributed by atoms with E-state index in [4.69, 9.17) is 16.0 Å². The van der Waals surface area contributed by atoms with E-state index < -0.39 is 0 Å². The van der Waals surface area contributed by atoms with E-state index in [1.165, 1.54) is 5.01 Å². The van der Waals surface area contributed by atoms with Gasteiger partial charge in [0.25, 0.3) is 5.91 Å². The van der Waals surface area contributed by atoms with E-state index in [9.17, 15) is 4.79 Å². The van der Waals surface area contributed by atoms with Crippen molar-refractivity contribution in [1.29, 1.82) is 0 Å². The molecule has 1 aliphatic heterocycles. The molecule has 4 aromatic rings. The summed E-state index contributed by atoms with van der Waals surface area (Å²) < 4.78 is 6.00. The van der Waals surface area contributed by atoms with Gasteiger partial charge in [-0.05, 0) is 54.6 Å². The highest BCUT2D eigenvalue weighted by molar-refractivity contribution is 6.37. The van der Waals surface area contributed by atoms with Crippen molar-refractivity contribution in [3.63, 3.8) is 0 Å². The van der Waals surface area contributed by atoms with E-state index in [1.54, 1.807) is 6.08 Å². The van der Waals surface area contributed by atoms with Crippen LogP contribution in [0.2, 0.25) is 5.02 Å². The molecule has 0 atom stereocenters. The van der Waals surface area contributed by atoms with Crippen molar-refractivity contribution >= 4 is 35.0 Å².